The van der Waals surface area contributed by atoms with Crippen LogP contribution >= 0.6 is 0 Å². The van der Waals surface area contributed by atoms with Gasteiger partial charge >= 0.3 is 5.97 Å². The van der Waals surface area contributed by atoms with Crippen molar-refractivity contribution < 1.29 is 24.4 Å². The third-order valence-corrected chi connectivity index (χ3v) is 5.94. The van der Waals surface area contributed by atoms with Crippen molar-refractivity contribution in [2.24, 2.45) is 11.8 Å². The number of anilines is 1. The first-order chi connectivity index (χ1) is 12.3. The van der Waals surface area contributed by atoms with Gasteiger partial charge in [0, 0.05) is 38.8 Å². The number of hydrogen-bond donors (Lipinski definition) is 1. The number of methoxy groups -OCH3 is 1. The molecule has 0 unspecified atom stereocenters. The zero-order valence-electron chi connectivity index (χ0n) is 15.9. The number of ether oxygens (including phenoxy) is 1. The third-order valence-electron chi connectivity index (χ3n) is 5.94. The molecule has 140 valence electrons. The van der Waals surface area contributed by atoms with Crippen LogP contribution in [0.3, 0.4) is 0 Å². The van der Waals surface area contributed by atoms with Crippen molar-refractivity contribution >= 4 is 23.5 Å². The summed E-state index contributed by atoms with van der Waals surface area (Å²) in [6, 6.07) is 7.59. The van der Waals surface area contributed by atoms with Gasteiger partial charge < -0.3 is 15.0 Å². The largest absolute Gasteiger partial charge is 0.464 e. The van der Waals surface area contributed by atoms with Crippen molar-refractivity contribution in [3.63, 3.8) is 0 Å². The van der Waals surface area contributed by atoms with Crippen molar-refractivity contribution in [3.05, 3.63) is 29.8 Å². The van der Waals surface area contributed by atoms with E-state index in [1.807, 2.05) is 55.5 Å². The van der Waals surface area contributed by atoms with Crippen LogP contribution < -0.4 is 10.2 Å². The summed E-state index contributed by atoms with van der Waals surface area (Å²) in [5, 5.41) is 1.88. The molecule has 0 bridgehead atoms. The first-order valence-corrected chi connectivity index (χ1v) is 8.81. The fourth-order valence-corrected chi connectivity index (χ4v) is 4.43. The quantitative estimate of drug-likeness (QED) is 0.600. The summed E-state index contributed by atoms with van der Waals surface area (Å²) in [6.45, 7) is 1.86. The van der Waals surface area contributed by atoms with E-state index in [2.05, 4.69) is 0 Å². The highest BCUT2D eigenvalue weighted by Crippen LogP contribution is 2.45. The first-order valence-electron chi connectivity index (χ1n) is 8.81. The molecule has 0 radical (unpaired) electrons. The van der Waals surface area contributed by atoms with E-state index in [1.54, 1.807) is 0 Å². The van der Waals surface area contributed by atoms with Crippen LogP contribution in [-0.2, 0) is 19.1 Å². The normalized spacial score (nSPS) is 30.5. The van der Waals surface area contributed by atoms with Crippen molar-refractivity contribution in [3.8, 4) is 0 Å². The number of esters is 1. The molecule has 2 heterocycles. The number of carbonyl (C=O) groups is 3. The van der Waals surface area contributed by atoms with Gasteiger partial charge in [0.25, 0.3) is 0 Å². The number of quaternary nitrogens is 1. The Balaban J connectivity index is 2.08. The molecule has 2 amide bonds. The minimum absolute atomic E-state index is 0.225. The second-order valence-corrected chi connectivity index (χ2v) is 7.30. The summed E-state index contributed by atoms with van der Waals surface area (Å²) in [5.74, 6) is -2.22. The fraction of sp³-hybridized carbons (Fsp3) is 0.526. The van der Waals surface area contributed by atoms with Gasteiger partial charge in [0.2, 0.25) is 17.4 Å². The van der Waals surface area contributed by atoms with Crippen LogP contribution in [0.4, 0.5) is 5.69 Å². The average Bonchev–Trinajstić information content (AvgIpc) is 3.11. The molecule has 26 heavy (non-hydrogen) atoms. The number of amides is 2. The Labute approximate surface area is 153 Å². The Morgan fingerprint density at radius 1 is 1.23 bits per heavy atom. The lowest BCUT2D eigenvalue weighted by atomic mass is 9.78. The Bertz CT molecular complexity index is 746. The zero-order valence-corrected chi connectivity index (χ0v) is 15.9. The third kappa shape index (κ3) is 2.41. The number of benzene rings is 1. The SMILES string of the molecule is CC[C@]1(C(=O)OC)[NH2+][C@@H](c2ccc(N(C)C)cc2)[C@H]2C(=O)N(C)C(=O)[C@@H]21. The molecule has 3 rings (SSSR count). The summed E-state index contributed by atoms with van der Waals surface area (Å²) in [5.41, 5.74) is 0.909. The maximum atomic E-state index is 12.8. The molecule has 0 aromatic heterocycles. The maximum Gasteiger partial charge on any atom is 0.368 e. The van der Waals surface area contributed by atoms with Gasteiger partial charge in [-0.05, 0) is 12.1 Å². The van der Waals surface area contributed by atoms with Crippen LogP contribution in [0.25, 0.3) is 0 Å². The second kappa shape index (κ2) is 6.39. The topological polar surface area (TPSA) is 83.5 Å². The summed E-state index contributed by atoms with van der Waals surface area (Å²) in [7, 11) is 6.74. The van der Waals surface area contributed by atoms with E-state index < -0.39 is 23.3 Å². The van der Waals surface area contributed by atoms with Gasteiger partial charge in [-0.3, -0.25) is 14.5 Å². The Hall–Kier alpha value is -2.41. The molecule has 0 spiro atoms. The second-order valence-electron chi connectivity index (χ2n) is 7.30. The molecule has 1 aromatic rings. The molecule has 2 saturated heterocycles. The van der Waals surface area contributed by atoms with Crippen molar-refractivity contribution in [2.75, 3.05) is 33.2 Å². The highest BCUT2D eigenvalue weighted by molar-refractivity contribution is 6.08. The lowest BCUT2D eigenvalue weighted by Gasteiger charge is -2.27. The van der Waals surface area contributed by atoms with Crippen LogP contribution in [0.5, 0.6) is 0 Å². The molecule has 7 heteroatoms. The van der Waals surface area contributed by atoms with E-state index in [0.29, 0.717) is 6.42 Å². The van der Waals surface area contributed by atoms with E-state index in [9.17, 15) is 14.4 Å². The lowest BCUT2D eigenvalue weighted by molar-refractivity contribution is -0.734. The summed E-state index contributed by atoms with van der Waals surface area (Å²) >= 11 is 0. The van der Waals surface area contributed by atoms with E-state index in [4.69, 9.17) is 4.74 Å². The molecule has 2 aliphatic heterocycles. The van der Waals surface area contributed by atoms with Crippen molar-refractivity contribution in [1.29, 1.82) is 0 Å². The van der Waals surface area contributed by atoms with Gasteiger partial charge in [-0.2, -0.15) is 0 Å². The number of nitrogens with zero attached hydrogens (tertiary/aromatic N) is 2. The van der Waals surface area contributed by atoms with Gasteiger partial charge in [-0.25, -0.2) is 4.79 Å². The minimum Gasteiger partial charge on any atom is -0.464 e. The van der Waals surface area contributed by atoms with Crippen molar-refractivity contribution in [2.45, 2.75) is 24.9 Å². The van der Waals surface area contributed by atoms with Crippen LogP contribution in [0.2, 0.25) is 0 Å². The molecule has 2 fully saturated rings. The van der Waals surface area contributed by atoms with Crippen molar-refractivity contribution in [1.82, 2.24) is 4.90 Å². The number of carbonyl (C=O) groups excluding carboxylic acids is 3. The Morgan fingerprint density at radius 3 is 2.35 bits per heavy atom. The number of rotatable bonds is 4. The molecule has 2 N–H and O–H groups in total. The molecule has 2 aliphatic rings. The number of imide groups is 1. The Kier molecular flexibility index (Phi) is 4.52. The Morgan fingerprint density at radius 2 is 1.85 bits per heavy atom. The van der Waals surface area contributed by atoms with E-state index >= 15 is 0 Å². The fourth-order valence-electron chi connectivity index (χ4n) is 4.43. The van der Waals surface area contributed by atoms with Gasteiger partial charge in [-0.1, -0.05) is 19.1 Å². The number of likely N-dealkylation sites (tertiary alicyclic amines) is 1. The van der Waals surface area contributed by atoms with Crippen LogP contribution in [0.15, 0.2) is 24.3 Å². The summed E-state index contributed by atoms with van der Waals surface area (Å²) in [4.78, 5) is 41.4. The molecule has 1 aromatic carbocycles. The smallest absolute Gasteiger partial charge is 0.368 e. The van der Waals surface area contributed by atoms with E-state index in [0.717, 1.165) is 16.2 Å². The lowest BCUT2D eigenvalue weighted by Crippen LogP contribution is -2.98. The molecular formula is C19H26N3O4+. The van der Waals surface area contributed by atoms with Crippen LogP contribution in [0.1, 0.15) is 24.9 Å². The minimum atomic E-state index is -1.07. The van der Waals surface area contributed by atoms with Gasteiger partial charge in [-0.15, -0.1) is 0 Å². The summed E-state index contributed by atoms with van der Waals surface area (Å²) in [6.07, 6.45) is 0.417. The number of hydrogen-bond acceptors (Lipinski definition) is 5. The van der Waals surface area contributed by atoms with Gasteiger partial charge in [0.05, 0.1) is 7.11 Å². The summed E-state index contributed by atoms with van der Waals surface area (Å²) < 4.78 is 5.03. The standard InChI is InChI=1S/C19H25N3O4/c1-6-19(18(25)26-5)14-13(16(23)22(4)17(14)24)15(20-19)11-7-9-12(10-8-11)21(2)3/h7-10,13-15,20H,6H2,1-5H3/p+1/t13-,14+,15-,19-/m0/s1. The van der Waals surface area contributed by atoms with Gasteiger partial charge in [0.1, 0.15) is 17.9 Å². The number of nitrogens with two attached hydrogens (primary N) is 1. The zero-order chi connectivity index (χ0) is 19.2. The highest BCUT2D eigenvalue weighted by Gasteiger charge is 2.71. The molecule has 7 nitrogen and oxygen atoms in total. The van der Waals surface area contributed by atoms with Crippen LogP contribution in [-0.4, -0.2) is 56.5 Å². The monoisotopic (exact) mass is 360 g/mol. The van der Waals surface area contributed by atoms with E-state index in [-0.39, 0.29) is 17.9 Å². The predicted molar refractivity (Wildman–Crippen MR) is 95.2 cm³/mol. The van der Waals surface area contributed by atoms with E-state index in [1.165, 1.54) is 14.2 Å². The predicted octanol–water partition coefficient (Wildman–Crippen LogP) is -0.0765. The first kappa shape index (κ1) is 18.4. The highest BCUT2D eigenvalue weighted by atomic mass is 16.5. The molecule has 4 atom stereocenters. The van der Waals surface area contributed by atoms with Gasteiger partial charge in [0.15, 0.2) is 0 Å². The van der Waals surface area contributed by atoms with Crippen LogP contribution in [0, 0.1) is 11.8 Å². The maximum absolute atomic E-state index is 12.8. The average molecular weight is 360 g/mol. The molecule has 0 aliphatic carbocycles. The number of fused-ring (bicyclic) bond motifs is 1. The molecular weight excluding hydrogens is 334 g/mol. The molecule has 0 saturated carbocycles.